The predicted molar refractivity (Wildman–Crippen MR) is 53.9 cm³/mol. The minimum absolute atomic E-state index is 0.181. The van der Waals surface area contributed by atoms with Crippen LogP contribution in [0.3, 0.4) is 0 Å². The van der Waals surface area contributed by atoms with Crippen LogP contribution in [0.5, 0.6) is 5.75 Å². The van der Waals surface area contributed by atoms with E-state index in [4.69, 9.17) is 5.11 Å². The van der Waals surface area contributed by atoms with Gasteiger partial charge in [-0.2, -0.15) is 0 Å². The van der Waals surface area contributed by atoms with Crippen LogP contribution >= 0.6 is 0 Å². The molecule has 0 amide bonds. The molecule has 3 nitrogen and oxygen atoms in total. The third-order valence-corrected chi connectivity index (χ3v) is 2.04. The molecule has 2 rings (SSSR count). The zero-order chi connectivity index (χ0) is 9.97. The van der Waals surface area contributed by atoms with E-state index in [0.29, 0.717) is 0 Å². The number of hydrogen-bond donors (Lipinski definition) is 1. The fourth-order valence-electron chi connectivity index (χ4n) is 1.31. The monoisotopic (exact) mass is 186 g/mol. The second-order valence-corrected chi connectivity index (χ2v) is 3.09. The maximum absolute atomic E-state index is 9.10. The van der Waals surface area contributed by atoms with Crippen molar-refractivity contribution in [2.75, 3.05) is 0 Å². The van der Waals surface area contributed by atoms with Gasteiger partial charge in [0.15, 0.2) is 0 Å². The van der Waals surface area contributed by atoms with Gasteiger partial charge in [0.05, 0.1) is 11.9 Å². The summed E-state index contributed by atoms with van der Waals surface area (Å²) in [5.41, 5.74) is 2.97. The molecule has 2 aromatic rings. The van der Waals surface area contributed by atoms with Gasteiger partial charge in [0.1, 0.15) is 5.75 Å². The molecule has 0 saturated carbocycles. The van der Waals surface area contributed by atoms with Gasteiger partial charge in [-0.15, -0.1) is 0 Å². The number of aryl methyl sites for hydroxylation is 1. The van der Waals surface area contributed by atoms with E-state index in [1.165, 1.54) is 6.20 Å². The first-order chi connectivity index (χ1) is 6.77. The van der Waals surface area contributed by atoms with Crippen molar-refractivity contribution in [2.45, 2.75) is 6.92 Å². The highest BCUT2D eigenvalue weighted by molar-refractivity contribution is 5.62. The van der Waals surface area contributed by atoms with Crippen molar-refractivity contribution in [2.24, 2.45) is 0 Å². The molecule has 0 atom stereocenters. The summed E-state index contributed by atoms with van der Waals surface area (Å²) >= 11 is 0. The minimum Gasteiger partial charge on any atom is -0.506 e. The van der Waals surface area contributed by atoms with E-state index >= 15 is 0 Å². The molecule has 0 radical (unpaired) electrons. The van der Waals surface area contributed by atoms with E-state index in [1.807, 2.05) is 13.0 Å². The van der Waals surface area contributed by atoms with Crippen LogP contribution in [0.25, 0.3) is 11.3 Å². The van der Waals surface area contributed by atoms with Gasteiger partial charge in [0.2, 0.25) is 0 Å². The Bertz CT molecular complexity index is 437. The number of aromatic hydroxyl groups is 1. The fraction of sp³-hybridized carbons (Fsp3) is 0.0909. The molecule has 0 aliphatic carbocycles. The predicted octanol–water partition coefficient (Wildman–Crippen LogP) is 2.16. The van der Waals surface area contributed by atoms with Crippen LogP contribution in [0.2, 0.25) is 0 Å². The molecular formula is C11H10N2O. The van der Waals surface area contributed by atoms with E-state index in [9.17, 15) is 0 Å². The van der Waals surface area contributed by atoms with E-state index in [2.05, 4.69) is 9.97 Å². The second-order valence-electron chi connectivity index (χ2n) is 3.09. The Hall–Kier alpha value is -1.90. The third-order valence-electron chi connectivity index (χ3n) is 2.04. The lowest BCUT2D eigenvalue weighted by Crippen LogP contribution is -1.86. The normalized spacial score (nSPS) is 10.1. The Morgan fingerprint density at radius 3 is 2.64 bits per heavy atom. The number of hydrogen-bond acceptors (Lipinski definition) is 3. The Morgan fingerprint density at radius 2 is 2.00 bits per heavy atom. The van der Waals surface area contributed by atoms with Crippen molar-refractivity contribution in [1.82, 2.24) is 9.97 Å². The standard InChI is InChI=1S/C11H10N2O/c1-8-6-12-5-4-10(8)11-3-2-9(14)7-13-11/h2-7,14H,1H3. The smallest absolute Gasteiger partial charge is 0.133 e. The summed E-state index contributed by atoms with van der Waals surface area (Å²) in [5, 5.41) is 9.10. The topological polar surface area (TPSA) is 46.0 Å². The molecule has 0 aromatic carbocycles. The molecule has 0 aliphatic heterocycles. The lowest BCUT2D eigenvalue weighted by Gasteiger charge is -2.03. The molecule has 1 N–H and O–H groups in total. The highest BCUT2D eigenvalue weighted by Gasteiger charge is 2.01. The van der Waals surface area contributed by atoms with Crippen molar-refractivity contribution in [3.8, 4) is 17.0 Å². The average Bonchev–Trinajstić information content (AvgIpc) is 2.20. The maximum atomic E-state index is 9.10. The van der Waals surface area contributed by atoms with E-state index < -0.39 is 0 Å². The summed E-state index contributed by atoms with van der Waals surface area (Å²) < 4.78 is 0. The number of nitrogens with zero attached hydrogens (tertiary/aromatic N) is 2. The van der Waals surface area contributed by atoms with Gasteiger partial charge >= 0.3 is 0 Å². The Kier molecular flexibility index (Phi) is 2.14. The Balaban J connectivity index is 2.50. The first-order valence-electron chi connectivity index (χ1n) is 4.33. The quantitative estimate of drug-likeness (QED) is 0.742. The van der Waals surface area contributed by atoms with Gasteiger partial charge in [-0.25, -0.2) is 0 Å². The molecule has 0 bridgehead atoms. The Morgan fingerprint density at radius 1 is 1.14 bits per heavy atom. The minimum atomic E-state index is 0.181. The first-order valence-corrected chi connectivity index (χ1v) is 4.33. The van der Waals surface area contributed by atoms with Crippen molar-refractivity contribution in [3.05, 3.63) is 42.4 Å². The summed E-state index contributed by atoms with van der Waals surface area (Å²) in [7, 11) is 0. The van der Waals surface area contributed by atoms with Gasteiger partial charge in [-0.05, 0) is 30.7 Å². The van der Waals surface area contributed by atoms with Crippen molar-refractivity contribution in [1.29, 1.82) is 0 Å². The van der Waals surface area contributed by atoms with E-state index in [1.54, 1.807) is 24.5 Å². The molecule has 0 spiro atoms. The molecule has 3 heteroatoms. The molecule has 0 aliphatic rings. The first kappa shape index (κ1) is 8.69. The highest BCUT2D eigenvalue weighted by atomic mass is 16.3. The van der Waals surface area contributed by atoms with E-state index in [-0.39, 0.29) is 5.75 Å². The summed E-state index contributed by atoms with van der Waals surface area (Å²) in [6.45, 7) is 1.98. The van der Waals surface area contributed by atoms with Gasteiger partial charge in [-0.1, -0.05) is 0 Å². The molecule has 2 aromatic heterocycles. The number of pyridine rings is 2. The lowest BCUT2D eigenvalue weighted by atomic mass is 10.1. The fourth-order valence-corrected chi connectivity index (χ4v) is 1.31. The van der Waals surface area contributed by atoms with Gasteiger partial charge in [0.25, 0.3) is 0 Å². The molecule has 0 saturated heterocycles. The zero-order valence-corrected chi connectivity index (χ0v) is 7.81. The second kappa shape index (κ2) is 3.46. The molecular weight excluding hydrogens is 176 g/mol. The summed E-state index contributed by atoms with van der Waals surface area (Å²) in [6.07, 6.45) is 4.97. The average molecular weight is 186 g/mol. The van der Waals surface area contributed by atoms with Crippen molar-refractivity contribution in [3.63, 3.8) is 0 Å². The Labute approximate surface area is 82.1 Å². The molecule has 2 heterocycles. The largest absolute Gasteiger partial charge is 0.506 e. The van der Waals surface area contributed by atoms with Crippen molar-refractivity contribution >= 4 is 0 Å². The van der Waals surface area contributed by atoms with Crippen LogP contribution in [-0.4, -0.2) is 15.1 Å². The molecule has 14 heavy (non-hydrogen) atoms. The zero-order valence-electron chi connectivity index (χ0n) is 7.81. The van der Waals surface area contributed by atoms with Gasteiger partial charge in [0, 0.05) is 18.0 Å². The number of rotatable bonds is 1. The SMILES string of the molecule is Cc1cnccc1-c1ccc(O)cn1. The third kappa shape index (κ3) is 1.57. The van der Waals surface area contributed by atoms with Crippen LogP contribution in [0.1, 0.15) is 5.56 Å². The van der Waals surface area contributed by atoms with Crippen LogP contribution in [0.4, 0.5) is 0 Å². The highest BCUT2D eigenvalue weighted by Crippen LogP contribution is 2.21. The van der Waals surface area contributed by atoms with Crippen molar-refractivity contribution < 1.29 is 5.11 Å². The maximum Gasteiger partial charge on any atom is 0.133 e. The molecule has 70 valence electrons. The van der Waals surface area contributed by atoms with Crippen LogP contribution in [-0.2, 0) is 0 Å². The molecule has 0 fully saturated rings. The van der Waals surface area contributed by atoms with E-state index in [0.717, 1.165) is 16.8 Å². The number of aromatic nitrogens is 2. The van der Waals surface area contributed by atoms with Crippen LogP contribution in [0, 0.1) is 6.92 Å². The summed E-state index contributed by atoms with van der Waals surface area (Å²) in [6, 6.07) is 5.33. The van der Waals surface area contributed by atoms with Gasteiger partial charge < -0.3 is 5.11 Å². The van der Waals surface area contributed by atoms with Crippen LogP contribution in [0.15, 0.2) is 36.8 Å². The summed E-state index contributed by atoms with van der Waals surface area (Å²) in [5.74, 6) is 0.181. The lowest BCUT2D eigenvalue weighted by molar-refractivity contribution is 0.473. The molecule has 0 unspecified atom stereocenters. The van der Waals surface area contributed by atoms with Gasteiger partial charge in [-0.3, -0.25) is 9.97 Å². The van der Waals surface area contributed by atoms with Crippen LogP contribution < -0.4 is 0 Å². The summed E-state index contributed by atoms with van der Waals surface area (Å²) in [4.78, 5) is 8.14.